The molecule has 9 heavy (non-hydrogen) atoms. The van der Waals surface area contributed by atoms with Gasteiger partial charge in [-0.15, -0.1) is 0 Å². The standard InChI is InChI=1S/C4H5F4N/c5-3(6)1-2(9)4(3,7)8/h2H,1,9H2. The third kappa shape index (κ3) is 0.640. The first-order valence-electron chi connectivity index (χ1n) is 2.39. The van der Waals surface area contributed by atoms with Crippen LogP contribution < -0.4 is 5.73 Å². The maximum atomic E-state index is 11.8. The first-order valence-corrected chi connectivity index (χ1v) is 2.39. The SMILES string of the molecule is NC1CC(F)(F)C1(F)F. The number of hydrogen-bond donors (Lipinski definition) is 1. The van der Waals surface area contributed by atoms with Crippen molar-refractivity contribution in [2.45, 2.75) is 24.3 Å². The molecule has 1 unspecified atom stereocenters. The minimum atomic E-state index is -3.98. The Morgan fingerprint density at radius 2 is 1.67 bits per heavy atom. The number of halogens is 4. The van der Waals surface area contributed by atoms with E-state index in [0.717, 1.165) is 0 Å². The van der Waals surface area contributed by atoms with E-state index in [1.165, 1.54) is 0 Å². The molecule has 1 aliphatic carbocycles. The largest absolute Gasteiger partial charge is 0.325 e. The summed E-state index contributed by atoms with van der Waals surface area (Å²) >= 11 is 0. The summed E-state index contributed by atoms with van der Waals surface area (Å²) in [4.78, 5) is 0. The predicted molar refractivity (Wildman–Crippen MR) is 22.5 cm³/mol. The maximum Gasteiger partial charge on any atom is 0.325 e. The highest BCUT2D eigenvalue weighted by Crippen LogP contribution is 2.49. The van der Waals surface area contributed by atoms with Gasteiger partial charge in [-0.2, -0.15) is 17.6 Å². The van der Waals surface area contributed by atoms with Gasteiger partial charge in [0.05, 0.1) is 6.04 Å². The fraction of sp³-hybridized carbons (Fsp3) is 1.00. The van der Waals surface area contributed by atoms with Crippen molar-refractivity contribution in [3.05, 3.63) is 0 Å². The summed E-state index contributed by atoms with van der Waals surface area (Å²) < 4.78 is 47.1. The van der Waals surface area contributed by atoms with E-state index in [-0.39, 0.29) is 0 Å². The van der Waals surface area contributed by atoms with Gasteiger partial charge < -0.3 is 5.73 Å². The molecule has 1 rings (SSSR count). The number of hydrogen-bond acceptors (Lipinski definition) is 1. The van der Waals surface area contributed by atoms with Gasteiger partial charge in [-0.25, -0.2) is 0 Å². The Labute approximate surface area is 48.8 Å². The van der Waals surface area contributed by atoms with E-state index < -0.39 is 24.3 Å². The molecule has 0 amide bonds. The molecule has 1 nitrogen and oxygen atoms in total. The Morgan fingerprint density at radius 1 is 1.22 bits per heavy atom. The van der Waals surface area contributed by atoms with Crippen molar-refractivity contribution in [3.63, 3.8) is 0 Å². The molecule has 1 saturated carbocycles. The van der Waals surface area contributed by atoms with E-state index in [1.54, 1.807) is 0 Å². The van der Waals surface area contributed by atoms with Crippen LogP contribution in [0.25, 0.3) is 0 Å². The quantitative estimate of drug-likeness (QED) is 0.503. The highest BCUT2D eigenvalue weighted by Gasteiger charge is 2.70. The van der Waals surface area contributed by atoms with E-state index in [1.807, 2.05) is 0 Å². The van der Waals surface area contributed by atoms with E-state index in [0.29, 0.717) is 0 Å². The molecule has 5 heteroatoms. The smallest absolute Gasteiger partial charge is 0.322 e. The number of alkyl halides is 4. The maximum absolute atomic E-state index is 11.8. The highest BCUT2D eigenvalue weighted by molar-refractivity contribution is 5.06. The molecule has 2 N–H and O–H groups in total. The van der Waals surface area contributed by atoms with Gasteiger partial charge in [-0.3, -0.25) is 0 Å². The summed E-state index contributed by atoms with van der Waals surface area (Å²) in [5, 5.41) is 0. The summed E-state index contributed by atoms with van der Waals surface area (Å²) in [6.07, 6.45) is -0.903. The third-order valence-electron chi connectivity index (χ3n) is 1.43. The summed E-state index contributed by atoms with van der Waals surface area (Å²) in [5.41, 5.74) is 4.60. The van der Waals surface area contributed by atoms with Gasteiger partial charge in [0.15, 0.2) is 0 Å². The second-order valence-corrected chi connectivity index (χ2v) is 2.14. The molecule has 0 heterocycles. The number of rotatable bonds is 0. The van der Waals surface area contributed by atoms with E-state index in [9.17, 15) is 17.6 Å². The Hall–Kier alpha value is -0.320. The molecule has 1 atom stereocenters. The van der Waals surface area contributed by atoms with Crippen LogP contribution in [-0.2, 0) is 0 Å². The summed E-state index contributed by atoms with van der Waals surface area (Å²) in [5.74, 6) is -7.85. The second kappa shape index (κ2) is 1.39. The molecule has 1 aliphatic rings. The summed E-state index contributed by atoms with van der Waals surface area (Å²) in [7, 11) is 0. The first-order chi connectivity index (χ1) is 3.88. The second-order valence-electron chi connectivity index (χ2n) is 2.14. The van der Waals surface area contributed by atoms with Gasteiger partial charge in [0, 0.05) is 6.42 Å². The molecule has 0 spiro atoms. The lowest BCUT2D eigenvalue weighted by molar-refractivity contribution is -0.286. The van der Waals surface area contributed by atoms with Gasteiger partial charge in [-0.05, 0) is 0 Å². The normalized spacial score (nSPS) is 37.7. The lowest BCUT2D eigenvalue weighted by atomic mass is 9.84. The van der Waals surface area contributed by atoms with Crippen LogP contribution in [0.5, 0.6) is 0 Å². The van der Waals surface area contributed by atoms with Crippen molar-refractivity contribution in [2.24, 2.45) is 5.73 Å². The van der Waals surface area contributed by atoms with E-state index in [4.69, 9.17) is 0 Å². The van der Waals surface area contributed by atoms with Crippen LogP contribution in [0, 0.1) is 0 Å². The molecule has 0 bridgehead atoms. The first kappa shape index (κ1) is 6.80. The van der Waals surface area contributed by atoms with Gasteiger partial charge in [-0.1, -0.05) is 0 Å². The monoisotopic (exact) mass is 143 g/mol. The van der Waals surface area contributed by atoms with Crippen molar-refractivity contribution in [2.75, 3.05) is 0 Å². The predicted octanol–water partition coefficient (Wildman–Crippen LogP) is 0.988. The van der Waals surface area contributed by atoms with E-state index in [2.05, 4.69) is 5.73 Å². The zero-order chi connectivity index (χ0) is 7.28. The summed E-state index contributed by atoms with van der Waals surface area (Å²) in [6.45, 7) is 0. The van der Waals surface area contributed by atoms with E-state index >= 15 is 0 Å². The molecule has 0 radical (unpaired) electrons. The molecule has 1 fully saturated rings. The topological polar surface area (TPSA) is 26.0 Å². The van der Waals surface area contributed by atoms with Gasteiger partial charge >= 0.3 is 11.8 Å². The zero-order valence-electron chi connectivity index (χ0n) is 4.37. The van der Waals surface area contributed by atoms with Crippen molar-refractivity contribution < 1.29 is 17.6 Å². The Morgan fingerprint density at radius 3 is 1.67 bits per heavy atom. The molecule has 0 aromatic heterocycles. The molecular formula is C4H5F4N. The Kier molecular flexibility index (Phi) is 1.05. The lowest BCUT2D eigenvalue weighted by Crippen LogP contribution is -2.66. The summed E-state index contributed by atoms with van der Waals surface area (Å²) in [6, 6.07) is -1.66. The highest BCUT2D eigenvalue weighted by atomic mass is 19.3. The lowest BCUT2D eigenvalue weighted by Gasteiger charge is -2.41. The van der Waals surface area contributed by atoms with Crippen LogP contribution in [0.1, 0.15) is 6.42 Å². The number of nitrogens with two attached hydrogens (primary N) is 1. The van der Waals surface area contributed by atoms with Crippen LogP contribution in [0.4, 0.5) is 17.6 Å². The van der Waals surface area contributed by atoms with Crippen LogP contribution >= 0.6 is 0 Å². The minimum Gasteiger partial charge on any atom is -0.322 e. The van der Waals surface area contributed by atoms with Gasteiger partial charge in [0.25, 0.3) is 0 Å². The fourth-order valence-electron chi connectivity index (χ4n) is 0.681. The van der Waals surface area contributed by atoms with Crippen LogP contribution in [0.15, 0.2) is 0 Å². The minimum absolute atomic E-state index is 0.903. The Balaban J connectivity index is 2.70. The Bertz CT molecular complexity index is 133. The van der Waals surface area contributed by atoms with Gasteiger partial charge in [0.1, 0.15) is 0 Å². The van der Waals surface area contributed by atoms with Crippen LogP contribution in [0.3, 0.4) is 0 Å². The third-order valence-corrected chi connectivity index (χ3v) is 1.43. The average molecular weight is 143 g/mol. The van der Waals surface area contributed by atoms with Crippen LogP contribution in [0.2, 0.25) is 0 Å². The van der Waals surface area contributed by atoms with Crippen LogP contribution in [-0.4, -0.2) is 17.9 Å². The molecule has 0 aliphatic heterocycles. The zero-order valence-corrected chi connectivity index (χ0v) is 4.37. The molecule has 0 aromatic rings. The van der Waals surface area contributed by atoms with Crippen molar-refractivity contribution in [1.82, 2.24) is 0 Å². The average Bonchev–Trinajstić information content (AvgIpc) is 1.65. The van der Waals surface area contributed by atoms with Gasteiger partial charge in [0.2, 0.25) is 0 Å². The molecule has 0 saturated heterocycles. The van der Waals surface area contributed by atoms with Crippen molar-refractivity contribution in [3.8, 4) is 0 Å². The van der Waals surface area contributed by atoms with Crippen molar-refractivity contribution in [1.29, 1.82) is 0 Å². The van der Waals surface area contributed by atoms with Crippen molar-refractivity contribution >= 4 is 0 Å². The molecular weight excluding hydrogens is 138 g/mol. The molecule has 0 aromatic carbocycles. The molecule has 54 valence electrons. The fourth-order valence-corrected chi connectivity index (χ4v) is 0.681.